The first-order valence-electron chi connectivity index (χ1n) is 9.42. The highest BCUT2D eigenvalue weighted by atomic mass is 14.6. The Kier molecular flexibility index (Phi) is 2.68. The fourth-order valence-corrected chi connectivity index (χ4v) is 5.28. The fraction of sp³-hybridized carbons (Fsp3) is 0.0769. The van der Waals surface area contributed by atoms with E-state index in [0.29, 0.717) is 0 Å². The van der Waals surface area contributed by atoms with Crippen LogP contribution in [0.15, 0.2) is 84.9 Å². The van der Waals surface area contributed by atoms with E-state index >= 15 is 0 Å². The molecule has 0 aliphatic heterocycles. The second-order valence-corrected chi connectivity index (χ2v) is 7.70. The van der Waals surface area contributed by atoms with E-state index in [0.717, 1.165) is 5.69 Å². The summed E-state index contributed by atoms with van der Waals surface area (Å²) in [6.07, 6.45) is 0. The third-order valence-electron chi connectivity index (χ3n) is 6.27. The number of nitrogens with two attached hydrogens (primary N) is 1. The van der Waals surface area contributed by atoms with E-state index in [-0.39, 0.29) is 5.41 Å². The van der Waals surface area contributed by atoms with Gasteiger partial charge in [0.2, 0.25) is 0 Å². The van der Waals surface area contributed by atoms with E-state index in [9.17, 15) is 0 Å². The summed E-state index contributed by atoms with van der Waals surface area (Å²) in [5.74, 6) is 0. The zero-order valence-electron chi connectivity index (χ0n) is 15.2. The van der Waals surface area contributed by atoms with Crippen LogP contribution in [0.1, 0.15) is 27.8 Å². The summed E-state index contributed by atoms with van der Waals surface area (Å²) in [7, 11) is 0. The van der Waals surface area contributed by atoms with Crippen molar-refractivity contribution in [3.63, 3.8) is 0 Å². The topological polar surface area (TPSA) is 26.0 Å². The third-order valence-corrected chi connectivity index (χ3v) is 6.27. The van der Waals surface area contributed by atoms with Gasteiger partial charge < -0.3 is 5.73 Å². The SMILES string of the molecule is Cc1ccc2c(c1)-c1ccccc1C21c2ccccc2-c2cc(N)ccc21. The highest BCUT2D eigenvalue weighted by Gasteiger charge is 2.51. The molecule has 1 unspecified atom stereocenters. The van der Waals surface area contributed by atoms with Gasteiger partial charge in [-0.25, -0.2) is 0 Å². The molecule has 128 valence electrons. The first kappa shape index (κ1) is 14.8. The van der Waals surface area contributed by atoms with Crippen LogP contribution >= 0.6 is 0 Å². The van der Waals surface area contributed by atoms with Crippen molar-refractivity contribution in [2.75, 3.05) is 5.73 Å². The summed E-state index contributed by atoms with van der Waals surface area (Å²) >= 11 is 0. The molecule has 0 saturated heterocycles. The van der Waals surface area contributed by atoms with Crippen molar-refractivity contribution in [3.8, 4) is 22.3 Å². The normalized spacial score (nSPS) is 18.1. The monoisotopic (exact) mass is 345 g/mol. The summed E-state index contributed by atoms with van der Waals surface area (Å²) < 4.78 is 0. The molecular weight excluding hydrogens is 326 g/mol. The molecule has 0 aromatic heterocycles. The van der Waals surface area contributed by atoms with E-state index in [1.807, 2.05) is 6.07 Å². The molecule has 0 heterocycles. The van der Waals surface area contributed by atoms with Crippen LogP contribution in [0.3, 0.4) is 0 Å². The van der Waals surface area contributed by atoms with E-state index in [1.54, 1.807) is 0 Å². The Bertz CT molecular complexity index is 1150. The van der Waals surface area contributed by atoms with Crippen LogP contribution < -0.4 is 5.73 Å². The van der Waals surface area contributed by atoms with Gasteiger partial charge in [0, 0.05) is 5.69 Å². The van der Waals surface area contributed by atoms with Gasteiger partial charge in [-0.2, -0.15) is 0 Å². The molecule has 2 N–H and O–H groups in total. The highest BCUT2D eigenvalue weighted by molar-refractivity contribution is 5.95. The molecule has 0 bridgehead atoms. The van der Waals surface area contributed by atoms with Gasteiger partial charge in [-0.05, 0) is 63.6 Å². The predicted octanol–water partition coefficient (Wildman–Crippen LogP) is 5.92. The maximum absolute atomic E-state index is 6.18. The number of hydrogen-bond donors (Lipinski definition) is 1. The van der Waals surface area contributed by atoms with E-state index < -0.39 is 0 Å². The standard InChI is InChI=1S/C26H19N/c1-16-10-12-24-20(14-16)18-6-2-4-8-22(18)26(24)23-9-5-3-7-19(23)21-15-17(27)11-13-25(21)26/h2-15H,27H2,1H3. The molecule has 1 atom stereocenters. The van der Waals surface area contributed by atoms with Crippen LogP contribution in [-0.2, 0) is 5.41 Å². The molecule has 0 radical (unpaired) electrons. The van der Waals surface area contributed by atoms with Crippen molar-refractivity contribution in [1.29, 1.82) is 0 Å². The van der Waals surface area contributed by atoms with Gasteiger partial charge in [-0.1, -0.05) is 78.4 Å². The van der Waals surface area contributed by atoms with Crippen molar-refractivity contribution in [2.45, 2.75) is 12.3 Å². The molecule has 0 amide bonds. The first-order chi connectivity index (χ1) is 13.2. The molecule has 4 aromatic carbocycles. The Balaban J connectivity index is 1.86. The van der Waals surface area contributed by atoms with Crippen LogP contribution in [0.4, 0.5) is 5.69 Å². The molecule has 0 saturated carbocycles. The maximum Gasteiger partial charge on any atom is 0.0725 e. The number of aryl methyl sites for hydroxylation is 1. The van der Waals surface area contributed by atoms with Crippen LogP contribution in [0.2, 0.25) is 0 Å². The van der Waals surface area contributed by atoms with Gasteiger partial charge in [0.1, 0.15) is 0 Å². The van der Waals surface area contributed by atoms with Crippen molar-refractivity contribution in [1.82, 2.24) is 0 Å². The molecule has 1 nitrogen and oxygen atoms in total. The molecule has 1 spiro atoms. The minimum Gasteiger partial charge on any atom is -0.399 e. The van der Waals surface area contributed by atoms with Gasteiger partial charge >= 0.3 is 0 Å². The number of fused-ring (bicyclic) bond motifs is 10. The Labute approximate surface area is 159 Å². The molecule has 27 heavy (non-hydrogen) atoms. The highest BCUT2D eigenvalue weighted by Crippen LogP contribution is 2.62. The van der Waals surface area contributed by atoms with Crippen molar-refractivity contribution in [3.05, 3.63) is 113 Å². The lowest BCUT2D eigenvalue weighted by Gasteiger charge is -2.30. The first-order valence-corrected chi connectivity index (χ1v) is 9.42. The van der Waals surface area contributed by atoms with Crippen LogP contribution in [-0.4, -0.2) is 0 Å². The van der Waals surface area contributed by atoms with E-state index in [1.165, 1.54) is 50.1 Å². The minimum atomic E-state index is -0.251. The molecule has 2 aliphatic carbocycles. The van der Waals surface area contributed by atoms with Crippen LogP contribution in [0.25, 0.3) is 22.3 Å². The van der Waals surface area contributed by atoms with Crippen LogP contribution in [0.5, 0.6) is 0 Å². The molecule has 1 heteroatoms. The number of benzene rings is 4. The zero-order chi connectivity index (χ0) is 18.2. The van der Waals surface area contributed by atoms with Gasteiger partial charge in [0.05, 0.1) is 5.41 Å². The summed E-state index contributed by atoms with van der Waals surface area (Å²) in [6.45, 7) is 2.17. The molecular formula is C26H19N. The lowest BCUT2D eigenvalue weighted by atomic mass is 9.70. The number of rotatable bonds is 0. The summed E-state index contributed by atoms with van der Waals surface area (Å²) in [6, 6.07) is 31.0. The molecule has 4 aromatic rings. The Morgan fingerprint density at radius 1 is 0.556 bits per heavy atom. The lowest BCUT2D eigenvalue weighted by Crippen LogP contribution is -2.25. The summed E-state index contributed by atoms with van der Waals surface area (Å²) in [5.41, 5.74) is 18.8. The number of anilines is 1. The van der Waals surface area contributed by atoms with Gasteiger partial charge in [0.25, 0.3) is 0 Å². The van der Waals surface area contributed by atoms with E-state index in [4.69, 9.17) is 5.73 Å². The lowest BCUT2D eigenvalue weighted by molar-refractivity contribution is 0.793. The quantitative estimate of drug-likeness (QED) is 0.340. The van der Waals surface area contributed by atoms with Gasteiger partial charge in [0.15, 0.2) is 0 Å². The van der Waals surface area contributed by atoms with Crippen LogP contribution in [0, 0.1) is 6.92 Å². The summed E-state index contributed by atoms with van der Waals surface area (Å²) in [5, 5.41) is 0. The van der Waals surface area contributed by atoms with E-state index in [2.05, 4.69) is 85.8 Å². The Morgan fingerprint density at radius 3 is 1.74 bits per heavy atom. The second-order valence-electron chi connectivity index (χ2n) is 7.70. The zero-order valence-corrected chi connectivity index (χ0v) is 15.2. The van der Waals surface area contributed by atoms with Crippen molar-refractivity contribution >= 4 is 5.69 Å². The van der Waals surface area contributed by atoms with Crippen molar-refractivity contribution in [2.24, 2.45) is 0 Å². The molecule has 2 aliphatic rings. The molecule has 6 rings (SSSR count). The molecule has 0 fully saturated rings. The second kappa shape index (κ2) is 4.89. The average Bonchev–Trinajstić information content (AvgIpc) is 3.14. The predicted molar refractivity (Wildman–Crippen MR) is 112 cm³/mol. The Morgan fingerprint density at radius 2 is 1.07 bits per heavy atom. The number of nitrogen functional groups attached to an aromatic ring is 1. The largest absolute Gasteiger partial charge is 0.399 e. The average molecular weight is 345 g/mol. The van der Waals surface area contributed by atoms with Gasteiger partial charge in [-0.3, -0.25) is 0 Å². The van der Waals surface area contributed by atoms with Gasteiger partial charge in [-0.15, -0.1) is 0 Å². The van der Waals surface area contributed by atoms with Crippen molar-refractivity contribution < 1.29 is 0 Å². The Hall–Kier alpha value is -3.32. The maximum atomic E-state index is 6.18. The third kappa shape index (κ3) is 1.65. The minimum absolute atomic E-state index is 0.251. The smallest absolute Gasteiger partial charge is 0.0725 e. The number of hydrogen-bond acceptors (Lipinski definition) is 1. The summed E-state index contributed by atoms with van der Waals surface area (Å²) in [4.78, 5) is 0. The fourth-order valence-electron chi connectivity index (χ4n) is 5.28.